The van der Waals surface area contributed by atoms with Crippen molar-refractivity contribution in [3.05, 3.63) is 47.3 Å². The summed E-state index contributed by atoms with van der Waals surface area (Å²) >= 11 is 0. The molecule has 2 N–H and O–H groups in total. The maximum atomic E-state index is 9.19. The van der Waals surface area contributed by atoms with Gasteiger partial charge in [0.25, 0.3) is 0 Å². The summed E-state index contributed by atoms with van der Waals surface area (Å²) < 4.78 is 1.92. The predicted molar refractivity (Wildman–Crippen MR) is 71.2 cm³/mol. The van der Waals surface area contributed by atoms with E-state index in [0.29, 0.717) is 5.75 Å². The maximum absolute atomic E-state index is 9.19. The van der Waals surface area contributed by atoms with Crippen LogP contribution in [0.5, 0.6) is 5.75 Å². The minimum Gasteiger partial charge on any atom is -0.508 e. The Balaban J connectivity index is 1.88. The predicted octanol–water partition coefficient (Wildman–Crippen LogP) is 1.98. The van der Waals surface area contributed by atoms with Gasteiger partial charge in [0.2, 0.25) is 0 Å². The highest BCUT2D eigenvalue weighted by atomic mass is 16.3. The van der Waals surface area contributed by atoms with E-state index in [0.717, 1.165) is 30.8 Å². The van der Waals surface area contributed by atoms with Gasteiger partial charge >= 0.3 is 0 Å². The second-order valence-electron chi connectivity index (χ2n) is 4.37. The lowest BCUT2D eigenvalue weighted by Gasteiger charge is -2.05. The molecule has 1 aromatic heterocycles. The molecule has 0 bridgehead atoms. The number of aryl methyl sites for hydroxylation is 2. The molecule has 1 heterocycles. The Labute approximate surface area is 107 Å². The van der Waals surface area contributed by atoms with Crippen LogP contribution in [-0.2, 0) is 26.6 Å². The van der Waals surface area contributed by atoms with Crippen LogP contribution in [0.15, 0.2) is 30.3 Å². The summed E-state index contributed by atoms with van der Waals surface area (Å²) in [5.74, 6) is 0.304. The molecular formula is C14H19N3O. The average molecular weight is 245 g/mol. The smallest absolute Gasteiger partial charge is 0.115 e. The normalized spacial score (nSPS) is 10.8. The summed E-state index contributed by atoms with van der Waals surface area (Å²) in [6, 6.07) is 9.38. The lowest BCUT2D eigenvalue weighted by atomic mass is 10.2. The maximum Gasteiger partial charge on any atom is 0.115 e. The molecule has 2 rings (SSSR count). The monoisotopic (exact) mass is 245 g/mol. The molecule has 0 aliphatic rings. The minimum absolute atomic E-state index is 0.304. The summed E-state index contributed by atoms with van der Waals surface area (Å²) in [5.41, 5.74) is 3.47. The topological polar surface area (TPSA) is 50.1 Å². The molecule has 1 aromatic carbocycles. The standard InChI is InChI=1S/C14H19N3O/c1-3-12-8-13(17(2)16-12)10-15-9-11-4-6-14(18)7-5-11/h4-8,15,18H,3,9-10H2,1-2H3. The molecule has 0 fully saturated rings. The van der Waals surface area contributed by atoms with Crippen LogP contribution in [0.3, 0.4) is 0 Å². The van der Waals surface area contributed by atoms with Crippen LogP contribution in [-0.4, -0.2) is 14.9 Å². The zero-order valence-electron chi connectivity index (χ0n) is 10.8. The van der Waals surface area contributed by atoms with Gasteiger partial charge in [0.05, 0.1) is 11.4 Å². The number of phenolic OH excluding ortho intramolecular Hbond substituents is 1. The Kier molecular flexibility index (Phi) is 3.99. The van der Waals surface area contributed by atoms with Gasteiger partial charge in [-0.05, 0) is 30.2 Å². The molecule has 4 nitrogen and oxygen atoms in total. The van der Waals surface area contributed by atoms with Gasteiger partial charge < -0.3 is 10.4 Å². The van der Waals surface area contributed by atoms with Crippen LogP contribution in [0.25, 0.3) is 0 Å². The number of hydrogen-bond donors (Lipinski definition) is 2. The summed E-state index contributed by atoms with van der Waals surface area (Å²) in [4.78, 5) is 0. The highest BCUT2D eigenvalue weighted by Crippen LogP contribution is 2.09. The summed E-state index contributed by atoms with van der Waals surface area (Å²) in [6.45, 7) is 3.69. The van der Waals surface area contributed by atoms with Gasteiger partial charge in [0, 0.05) is 20.1 Å². The number of phenols is 1. The van der Waals surface area contributed by atoms with Gasteiger partial charge in [-0.2, -0.15) is 5.10 Å². The van der Waals surface area contributed by atoms with Crippen molar-refractivity contribution in [2.45, 2.75) is 26.4 Å². The van der Waals surface area contributed by atoms with E-state index in [2.05, 4.69) is 23.4 Å². The SMILES string of the molecule is CCc1cc(CNCc2ccc(O)cc2)n(C)n1. The van der Waals surface area contributed by atoms with Crippen LogP contribution in [0.2, 0.25) is 0 Å². The Bertz CT molecular complexity index is 502. The largest absolute Gasteiger partial charge is 0.508 e. The van der Waals surface area contributed by atoms with Crippen LogP contribution in [0.4, 0.5) is 0 Å². The van der Waals surface area contributed by atoms with Crippen molar-refractivity contribution in [1.29, 1.82) is 0 Å². The fourth-order valence-corrected chi connectivity index (χ4v) is 1.86. The van der Waals surface area contributed by atoms with Crippen molar-refractivity contribution < 1.29 is 5.11 Å². The molecule has 96 valence electrons. The fourth-order valence-electron chi connectivity index (χ4n) is 1.86. The van der Waals surface area contributed by atoms with E-state index >= 15 is 0 Å². The molecule has 0 saturated carbocycles. The van der Waals surface area contributed by atoms with Gasteiger partial charge in [0.15, 0.2) is 0 Å². The van der Waals surface area contributed by atoms with Crippen molar-refractivity contribution in [3.8, 4) is 5.75 Å². The van der Waals surface area contributed by atoms with E-state index in [1.54, 1.807) is 12.1 Å². The van der Waals surface area contributed by atoms with Gasteiger partial charge in [-0.25, -0.2) is 0 Å². The number of nitrogens with one attached hydrogen (secondary N) is 1. The third kappa shape index (κ3) is 3.11. The number of rotatable bonds is 5. The van der Waals surface area contributed by atoms with E-state index in [1.807, 2.05) is 23.9 Å². The van der Waals surface area contributed by atoms with E-state index in [4.69, 9.17) is 0 Å². The van der Waals surface area contributed by atoms with Gasteiger partial charge in [0.1, 0.15) is 5.75 Å². The molecule has 2 aromatic rings. The molecule has 0 amide bonds. The second-order valence-corrected chi connectivity index (χ2v) is 4.37. The first-order valence-electron chi connectivity index (χ1n) is 6.19. The molecule has 0 unspecified atom stereocenters. The molecular weight excluding hydrogens is 226 g/mol. The van der Waals surface area contributed by atoms with Gasteiger partial charge in [-0.1, -0.05) is 19.1 Å². The van der Waals surface area contributed by atoms with Crippen molar-refractivity contribution in [2.24, 2.45) is 7.05 Å². The minimum atomic E-state index is 0.304. The first-order valence-corrected chi connectivity index (χ1v) is 6.19. The fraction of sp³-hybridized carbons (Fsp3) is 0.357. The second kappa shape index (κ2) is 5.69. The third-order valence-electron chi connectivity index (χ3n) is 2.96. The molecule has 0 spiro atoms. The number of nitrogens with zero attached hydrogens (tertiary/aromatic N) is 2. The highest BCUT2D eigenvalue weighted by Gasteiger charge is 2.03. The Morgan fingerprint density at radius 2 is 1.94 bits per heavy atom. The molecule has 0 aliphatic heterocycles. The van der Waals surface area contributed by atoms with Crippen LogP contribution in [0.1, 0.15) is 23.9 Å². The number of benzene rings is 1. The lowest BCUT2D eigenvalue weighted by molar-refractivity contribution is 0.475. The lowest BCUT2D eigenvalue weighted by Crippen LogP contribution is -2.15. The first kappa shape index (κ1) is 12.6. The Morgan fingerprint density at radius 3 is 2.56 bits per heavy atom. The van der Waals surface area contributed by atoms with Crippen molar-refractivity contribution >= 4 is 0 Å². The average Bonchev–Trinajstić information content (AvgIpc) is 2.73. The van der Waals surface area contributed by atoms with E-state index < -0.39 is 0 Å². The number of hydrogen-bond acceptors (Lipinski definition) is 3. The Morgan fingerprint density at radius 1 is 1.22 bits per heavy atom. The summed E-state index contributed by atoms with van der Waals surface area (Å²) in [5, 5.41) is 17.0. The van der Waals surface area contributed by atoms with Crippen LogP contribution < -0.4 is 5.32 Å². The highest BCUT2D eigenvalue weighted by molar-refractivity contribution is 5.25. The molecule has 0 radical (unpaired) electrons. The molecule has 0 atom stereocenters. The molecule has 0 saturated heterocycles. The third-order valence-corrected chi connectivity index (χ3v) is 2.96. The zero-order valence-corrected chi connectivity index (χ0v) is 10.8. The van der Waals surface area contributed by atoms with Crippen LogP contribution >= 0.6 is 0 Å². The van der Waals surface area contributed by atoms with E-state index in [1.165, 1.54) is 5.69 Å². The molecule has 0 aliphatic carbocycles. The van der Waals surface area contributed by atoms with Gasteiger partial charge in [-0.3, -0.25) is 4.68 Å². The molecule has 4 heteroatoms. The van der Waals surface area contributed by atoms with Gasteiger partial charge in [-0.15, -0.1) is 0 Å². The number of aromatic hydroxyl groups is 1. The summed E-state index contributed by atoms with van der Waals surface area (Å²) in [6.07, 6.45) is 0.964. The van der Waals surface area contributed by atoms with Crippen LogP contribution in [0, 0.1) is 0 Å². The Hall–Kier alpha value is -1.81. The summed E-state index contributed by atoms with van der Waals surface area (Å²) in [7, 11) is 1.97. The number of aromatic nitrogens is 2. The van der Waals surface area contributed by atoms with Crippen molar-refractivity contribution in [2.75, 3.05) is 0 Å². The quantitative estimate of drug-likeness (QED) is 0.847. The van der Waals surface area contributed by atoms with E-state index in [-0.39, 0.29) is 0 Å². The first-order chi connectivity index (χ1) is 8.69. The molecule has 18 heavy (non-hydrogen) atoms. The van der Waals surface area contributed by atoms with Crippen molar-refractivity contribution in [3.63, 3.8) is 0 Å². The van der Waals surface area contributed by atoms with E-state index in [9.17, 15) is 5.11 Å². The zero-order chi connectivity index (χ0) is 13.0. The van der Waals surface area contributed by atoms with Crippen molar-refractivity contribution in [1.82, 2.24) is 15.1 Å².